The Balaban J connectivity index is 3.79. The van der Waals surface area contributed by atoms with Crippen molar-refractivity contribution in [2.75, 3.05) is 12.3 Å². The summed E-state index contributed by atoms with van der Waals surface area (Å²) in [6.07, 6.45) is -5.11. The molecule has 1 aromatic rings. The number of hydrogen-bond acceptors (Lipinski definition) is 7. The van der Waals surface area contributed by atoms with Crippen molar-refractivity contribution in [3.8, 4) is 6.07 Å². The lowest BCUT2D eigenvalue weighted by Gasteiger charge is -2.13. The molecule has 0 radical (unpaired) electrons. The number of rotatable bonds is 4. The van der Waals surface area contributed by atoms with Crippen molar-refractivity contribution >= 4 is 23.1 Å². The van der Waals surface area contributed by atoms with Crippen LogP contribution in [0.25, 0.3) is 0 Å². The fourth-order valence-corrected chi connectivity index (χ4v) is 1.71. The van der Waals surface area contributed by atoms with Crippen molar-refractivity contribution in [3.63, 3.8) is 0 Å². The zero-order valence-corrected chi connectivity index (χ0v) is 11.4. The van der Waals surface area contributed by atoms with Crippen LogP contribution >= 0.6 is 0 Å². The summed E-state index contributed by atoms with van der Waals surface area (Å²) in [7, 11) is 0. The Labute approximate surface area is 126 Å². The smallest absolute Gasteiger partial charge is 0.417 e. The highest BCUT2D eigenvalue weighted by Gasteiger charge is 2.40. The maximum atomic E-state index is 12.9. The zero-order chi connectivity index (χ0) is 17.9. The number of esters is 1. The molecule has 0 fully saturated rings. The average Bonchev–Trinajstić information content (AvgIpc) is 2.44. The summed E-state index contributed by atoms with van der Waals surface area (Å²) >= 11 is 0. The van der Waals surface area contributed by atoms with Crippen LogP contribution in [0.15, 0.2) is 6.07 Å². The molecule has 122 valence electrons. The highest BCUT2D eigenvalue weighted by molar-refractivity contribution is 6.42. The Kier molecular flexibility index (Phi) is 4.90. The molecule has 1 rings (SSSR count). The SMILES string of the molecule is CCOC(=O)C(=O)c1cc(C(F)(F)F)c(C#N)c(N)c1[N+](=O)[O-]. The number of nitrogens with two attached hydrogens (primary N) is 1. The number of nitro groups is 1. The molecule has 0 amide bonds. The molecule has 0 aliphatic carbocycles. The van der Waals surface area contributed by atoms with E-state index < -0.39 is 50.9 Å². The van der Waals surface area contributed by atoms with Gasteiger partial charge in [0.15, 0.2) is 0 Å². The summed E-state index contributed by atoms with van der Waals surface area (Å²) in [6, 6.07) is 1.16. The topological polar surface area (TPSA) is 136 Å². The summed E-state index contributed by atoms with van der Waals surface area (Å²) in [4.78, 5) is 32.9. The Hall–Kier alpha value is -3.16. The number of carbonyl (C=O) groups excluding carboxylic acids is 2. The third kappa shape index (κ3) is 3.37. The standard InChI is InChI=1S/C12H8F3N3O5/c1-2-23-11(20)10(19)5-3-7(12(13,14)15)6(4-16)8(17)9(5)18(21)22/h3H,2,17H2,1H3. The van der Waals surface area contributed by atoms with Crippen molar-refractivity contribution in [2.45, 2.75) is 13.1 Å². The number of ether oxygens (including phenoxy) is 1. The Morgan fingerprint density at radius 3 is 2.43 bits per heavy atom. The van der Waals surface area contributed by atoms with Gasteiger partial charge in [-0.25, -0.2) is 4.79 Å². The van der Waals surface area contributed by atoms with Crippen LogP contribution in [0.4, 0.5) is 24.5 Å². The van der Waals surface area contributed by atoms with Crippen LogP contribution in [0.1, 0.15) is 28.4 Å². The van der Waals surface area contributed by atoms with E-state index in [-0.39, 0.29) is 12.7 Å². The van der Waals surface area contributed by atoms with Gasteiger partial charge in [0.2, 0.25) is 0 Å². The van der Waals surface area contributed by atoms with E-state index in [0.29, 0.717) is 0 Å². The first-order valence-electron chi connectivity index (χ1n) is 5.85. The number of carbonyl (C=O) groups is 2. The third-order valence-corrected chi connectivity index (χ3v) is 2.64. The zero-order valence-electron chi connectivity index (χ0n) is 11.4. The summed E-state index contributed by atoms with van der Waals surface area (Å²) in [6.45, 7) is 1.06. The molecule has 1 aromatic carbocycles. The van der Waals surface area contributed by atoms with Crippen molar-refractivity contribution in [1.29, 1.82) is 5.26 Å². The fourth-order valence-electron chi connectivity index (χ4n) is 1.71. The van der Waals surface area contributed by atoms with Crippen LogP contribution in [-0.4, -0.2) is 23.3 Å². The highest BCUT2D eigenvalue weighted by atomic mass is 19.4. The van der Waals surface area contributed by atoms with E-state index in [1.807, 2.05) is 0 Å². The van der Waals surface area contributed by atoms with Gasteiger partial charge in [0.25, 0.3) is 5.78 Å². The summed E-state index contributed by atoms with van der Waals surface area (Å²) < 4.78 is 43.1. The van der Waals surface area contributed by atoms with Gasteiger partial charge >= 0.3 is 17.8 Å². The van der Waals surface area contributed by atoms with E-state index in [4.69, 9.17) is 11.0 Å². The summed E-state index contributed by atoms with van der Waals surface area (Å²) in [5, 5.41) is 19.7. The van der Waals surface area contributed by atoms with Crippen LogP contribution < -0.4 is 5.73 Å². The molecular weight excluding hydrogens is 323 g/mol. The number of anilines is 1. The average molecular weight is 331 g/mol. The second-order valence-corrected chi connectivity index (χ2v) is 4.03. The Morgan fingerprint density at radius 1 is 1.48 bits per heavy atom. The number of nitrogens with zero attached hydrogens (tertiary/aromatic N) is 2. The molecule has 0 atom stereocenters. The van der Waals surface area contributed by atoms with E-state index in [2.05, 4.69) is 4.74 Å². The normalized spacial score (nSPS) is 10.7. The number of nitro benzene ring substituents is 1. The van der Waals surface area contributed by atoms with E-state index in [1.54, 1.807) is 0 Å². The number of nitrogen functional groups attached to an aromatic ring is 1. The molecule has 23 heavy (non-hydrogen) atoms. The van der Waals surface area contributed by atoms with E-state index in [0.717, 1.165) is 6.07 Å². The fraction of sp³-hybridized carbons (Fsp3) is 0.250. The van der Waals surface area contributed by atoms with Gasteiger partial charge in [-0.1, -0.05) is 0 Å². The number of hydrogen-bond donors (Lipinski definition) is 1. The summed E-state index contributed by atoms with van der Waals surface area (Å²) in [5.41, 5.74) is -1.23. The number of alkyl halides is 3. The van der Waals surface area contributed by atoms with Crippen LogP contribution in [-0.2, 0) is 15.7 Å². The van der Waals surface area contributed by atoms with Crippen LogP contribution in [0.2, 0.25) is 0 Å². The van der Waals surface area contributed by atoms with Gasteiger partial charge in [0, 0.05) is 0 Å². The first-order chi connectivity index (χ1) is 10.6. The molecular formula is C12H8F3N3O5. The molecule has 0 saturated heterocycles. The van der Waals surface area contributed by atoms with Gasteiger partial charge < -0.3 is 10.5 Å². The maximum absolute atomic E-state index is 12.9. The lowest BCUT2D eigenvalue weighted by atomic mass is 9.97. The van der Waals surface area contributed by atoms with Gasteiger partial charge in [0.05, 0.1) is 22.7 Å². The minimum absolute atomic E-state index is 0.0479. The van der Waals surface area contributed by atoms with Crippen molar-refractivity contribution < 1.29 is 32.4 Å². The van der Waals surface area contributed by atoms with Gasteiger partial charge in [0.1, 0.15) is 17.3 Å². The lowest BCUT2D eigenvalue weighted by molar-refractivity contribution is -0.384. The summed E-state index contributed by atoms with van der Waals surface area (Å²) in [5.74, 6) is -3.24. The monoisotopic (exact) mass is 331 g/mol. The molecule has 8 nitrogen and oxygen atoms in total. The number of nitriles is 1. The van der Waals surface area contributed by atoms with Gasteiger partial charge in [-0.3, -0.25) is 14.9 Å². The van der Waals surface area contributed by atoms with Crippen LogP contribution in [0, 0.1) is 21.4 Å². The van der Waals surface area contributed by atoms with Crippen LogP contribution in [0.5, 0.6) is 0 Å². The maximum Gasteiger partial charge on any atom is 0.417 e. The van der Waals surface area contributed by atoms with Gasteiger partial charge in [-0.2, -0.15) is 18.4 Å². The Morgan fingerprint density at radius 2 is 2.04 bits per heavy atom. The molecule has 0 saturated carbocycles. The molecule has 2 N–H and O–H groups in total. The quantitative estimate of drug-likeness (QED) is 0.222. The third-order valence-electron chi connectivity index (χ3n) is 2.64. The van der Waals surface area contributed by atoms with Gasteiger partial charge in [-0.15, -0.1) is 0 Å². The molecule has 0 aliphatic heterocycles. The van der Waals surface area contributed by atoms with Gasteiger partial charge in [-0.05, 0) is 13.0 Å². The predicted octanol–water partition coefficient (Wildman–Crippen LogP) is 1.81. The number of ketones is 1. The Bertz CT molecular complexity index is 737. The lowest BCUT2D eigenvalue weighted by Crippen LogP contribution is -2.21. The molecule has 11 heteroatoms. The molecule has 0 aromatic heterocycles. The van der Waals surface area contributed by atoms with Crippen LogP contribution in [0.3, 0.4) is 0 Å². The largest absolute Gasteiger partial charge is 0.460 e. The molecule has 0 unspecified atom stereocenters. The number of benzene rings is 1. The van der Waals surface area contributed by atoms with Crippen molar-refractivity contribution in [3.05, 3.63) is 32.9 Å². The van der Waals surface area contributed by atoms with E-state index >= 15 is 0 Å². The molecule has 0 aliphatic rings. The van der Waals surface area contributed by atoms with Crippen molar-refractivity contribution in [1.82, 2.24) is 0 Å². The minimum atomic E-state index is -5.11. The van der Waals surface area contributed by atoms with E-state index in [9.17, 15) is 32.9 Å². The van der Waals surface area contributed by atoms with Crippen molar-refractivity contribution in [2.24, 2.45) is 0 Å². The second kappa shape index (κ2) is 6.30. The molecule has 0 spiro atoms. The molecule has 0 heterocycles. The number of Topliss-reactive ketones (excluding diaryl/α,β-unsaturated/α-hetero) is 1. The first-order valence-corrected chi connectivity index (χ1v) is 5.85. The first kappa shape index (κ1) is 17.9. The number of halogens is 3. The molecule has 0 bridgehead atoms. The predicted molar refractivity (Wildman–Crippen MR) is 68.2 cm³/mol. The highest BCUT2D eigenvalue weighted by Crippen LogP contribution is 2.40. The second-order valence-electron chi connectivity index (χ2n) is 4.03. The minimum Gasteiger partial charge on any atom is -0.460 e. The van der Waals surface area contributed by atoms with E-state index in [1.165, 1.54) is 6.92 Å².